The Bertz CT molecular complexity index is 1220. The van der Waals surface area contributed by atoms with Crippen LogP contribution in [0.2, 0.25) is 0 Å². The number of hydrogen-bond acceptors (Lipinski definition) is 6. The zero-order valence-corrected chi connectivity index (χ0v) is 19.5. The minimum Gasteiger partial charge on any atom is -0.492 e. The highest BCUT2D eigenvalue weighted by Crippen LogP contribution is 2.27. The molecule has 1 atom stereocenters. The van der Waals surface area contributed by atoms with Crippen molar-refractivity contribution in [2.24, 2.45) is 5.92 Å². The highest BCUT2D eigenvalue weighted by Gasteiger charge is 2.30. The predicted octanol–water partition coefficient (Wildman–Crippen LogP) is 1.97. The van der Waals surface area contributed by atoms with E-state index in [1.165, 1.54) is 17.7 Å². The van der Waals surface area contributed by atoms with E-state index in [-0.39, 0.29) is 62.3 Å². The van der Waals surface area contributed by atoms with Gasteiger partial charge >= 0.3 is 5.97 Å². The van der Waals surface area contributed by atoms with E-state index in [2.05, 4.69) is 0 Å². The third kappa shape index (κ3) is 5.04. The first-order chi connectivity index (χ1) is 16.7. The monoisotopic (exact) mass is 493 g/mol. The first-order valence-electron chi connectivity index (χ1n) is 11.3. The Hall–Kier alpha value is -3.34. The van der Waals surface area contributed by atoms with Gasteiger partial charge in [0, 0.05) is 75.9 Å². The molecule has 0 bridgehead atoms. The second-order valence-electron chi connectivity index (χ2n) is 8.82. The Balaban J connectivity index is 1.59. The van der Waals surface area contributed by atoms with E-state index in [9.17, 15) is 27.6 Å². The molecule has 1 aromatic heterocycles. The number of fused-ring (bicyclic) bond motifs is 1. The van der Waals surface area contributed by atoms with E-state index >= 15 is 0 Å². The second kappa shape index (κ2) is 10.1. The average Bonchev–Trinajstić information content (AvgIpc) is 3.02. The maximum absolute atomic E-state index is 14.2. The minimum absolute atomic E-state index is 0.0000477. The molecule has 0 saturated carbocycles. The van der Waals surface area contributed by atoms with Crippen molar-refractivity contribution in [2.75, 3.05) is 40.4 Å². The van der Waals surface area contributed by atoms with Crippen LogP contribution in [-0.2, 0) is 29.0 Å². The van der Waals surface area contributed by atoms with Crippen LogP contribution in [0.1, 0.15) is 28.0 Å². The lowest BCUT2D eigenvalue weighted by Gasteiger charge is -2.20. The molecule has 4 rings (SSSR count). The summed E-state index contributed by atoms with van der Waals surface area (Å²) in [6, 6.07) is 2.83. The number of amides is 1. The second-order valence-corrected chi connectivity index (χ2v) is 8.82. The minimum atomic E-state index is -1.24. The SMILES string of the molecule is COC(=O)c1c(OCC2CC(=O)N(C)C2)cc(=O)n2c1CCN(Cc1c(F)ccc(F)c1F)CC2. The fraction of sp³-hybridized carbons (Fsp3) is 0.458. The van der Waals surface area contributed by atoms with Gasteiger partial charge in [0.15, 0.2) is 11.6 Å². The van der Waals surface area contributed by atoms with Crippen LogP contribution < -0.4 is 10.3 Å². The van der Waals surface area contributed by atoms with Crippen LogP contribution in [0, 0.1) is 23.4 Å². The standard InChI is InChI=1S/C24H26F3N3O5/c1-28-11-14(9-20(28)31)13-35-19-10-21(32)30-8-7-29(6-5-18(30)22(19)24(33)34-2)12-15-16(25)3-4-17(26)23(15)27/h3-4,10,14H,5-9,11-13H2,1-2H3. The summed E-state index contributed by atoms with van der Waals surface area (Å²) in [5.41, 5.74) is -0.291. The van der Waals surface area contributed by atoms with Crippen molar-refractivity contribution in [1.82, 2.24) is 14.4 Å². The van der Waals surface area contributed by atoms with Crippen LogP contribution in [0.3, 0.4) is 0 Å². The van der Waals surface area contributed by atoms with Crippen molar-refractivity contribution in [1.29, 1.82) is 0 Å². The van der Waals surface area contributed by atoms with Gasteiger partial charge < -0.3 is 18.9 Å². The molecule has 1 saturated heterocycles. The van der Waals surface area contributed by atoms with Gasteiger partial charge in [0.25, 0.3) is 5.56 Å². The lowest BCUT2D eigenvalue weighted by molar-refractivity contribution is -0.126. The number of pyridine rings is 1. The van der Waals surface area contributed by atoms with Gasteiger partial charge in [0.1, 0.15) is 17.1 Å². The van der Waals surface area contributed by atoms with Gasteiger partial charge in [-0.1, -0.05) is 0 Å². The van der Waals surface area contributed by atoms with Crippen molar-refractivity contribution in [2.45, 2.75) is 25.9 Å². The molecule has 0 radical (unpaired) electrons. The Kier molecular flexibility index (Phi) is 7.15. The maximum atomic E-state index is 14.2. The number of carbonyl (C=O) groups excluding carboxylic acids is 2. The van der Waals surface area contributed by atoms with Gasteiger partial charge in [0.05, 0.1) is 13.7 Å². The van der Waals surface area contributed by atoms with Crippen molar-refractivity contribution >= 4 is 11.9 Å². The number of esters is 1. The predicted molar refractivity (Wildman–Crippen MR) is 119 cm³/mol. The molecule has 8 nitrogen and oxygen atoms in total. The van der Waals surface area contributed by atoms with Crippen molar-refractivity contribution < 1.29 is 32.2 Å². The van der Waals surface area contributed by atoms with Crippen molar-refractivity contribution in [3.63, 3.8) is 0 Å². The molecule has 0 spiro atoms. The number of halogens is 3. The van der Waals surface area contributed by atoms with Gasteiger partial charge in [-0.05, 0) is 12.1 Å². The fourth-order valence-electron chi connectivity index (χ4n) is 4.60. The molecule has 2 aromatic rings. The number of hydrogen-bond donors (Lipinski definition) is 0. The number of likely N-dealkylation sites (tertiary alicyclic amines) is 1. The molecule has 1 fully saturated rings. The van der Waals surface area contributed by atoms with Gasteiger partial charge in [-0.2, -0.15) is 0 Å². The molecule has 2 aliphatic rings. The van der Waals surface area contributed by atoms with E-state index in [0.717, 1.165) is 12.1 Å². The molecular weight excluding hydrogens is 467 g/mol. The molecule has 0 aliphatic carbocycles. The quantitative estimate of drug-likeness (QED) is 0.452. The van der Waals surface area contributed by atoms with Crippen molar-refractivity contribution in [3.8, 4) is 5.75 Å². The summed E-state index contributed by atoms with van der Waals surface area (Å²) >= 11 is 0. The zero-order valence-electron chi connectivity index (χ0n) is 19.5. The topological polar surface area (TPSA) is 81.1 Å². The first-order valence-corrected chi connectivity index (χ1v) is 11.3. The summed E-state index contributed by atoms with van der Waals surface area (Å²) in [7, 11) is 2.92. The maximum Gasteiger partial charge on any atom is 0.343 e. The summed E-state index contributed by atoms with van der Waals surface area (Å²) in [4.78, 5) is 40.7. The molecule has 2 aliphatic heterocycles. The summed E-state index contributed by atoms with van der Waals surface area (Å²) < 4.78 is 54.2. The van der Waals surface area contributed by atoms with Crippen LogP contribution in [0.15, 0.2) is 23.0 Å². The average molecular weight is 493 g/mol. The summed E-state index contributed by atoms with van der Waals surface area (Å²) in [5.74, 6) is -3.92. The molecule has 35 heavy (non-hydrogen) atoms. The third-order valence-electron chi connectivity index (χ3n) is 6.49. The van der Waals surface area contributed by atoms with E-state index < -0.39 is 34.5 Å². The number of carbonyl (C=O) groups is 2. The van der Waals surface area contributed by atoms with Gasteiger partial charge in [0.2, 0.25) is 5.91 Å². The number of ether oxygens (including phenoxy) is 2. The van der Waals surface area contributed by atoms with E-state index in [0.29, 0.717) is 18.7 Å². The molecule has 188 valence electrons. The van der Waals surface area contributed by atoms with Crippen LogP contribution in [-0.4, -0.2) is 66.6 Å². The number of methoxy groups -OCH3 is 1. The van der Waals surface area contributed by atoms with E-state index in [1.807, 2.05) is 0 Å². The van der Waals surface area contributed by atoms with Gasteiger partial charge in [-0.3, -0.25) is 14.5 Å². The molecule has 1 unspecified atom stereocenters. The molecule has 0 N–H and O–H groups in total. The molecular formula is C24H26F3N3O5. The summed E-state index contributed by atoms with van der Waals surface area (Å²) in [6.07, 6.45) is 0.510. The summed E-state index contributed by atoms with van der Waals surface area (Å²) in [6.45, 7) is 1.12. The lowest BCUT2D eigenvalue weighted by Crippen LogP contribution is -2.30. The van der Waals surface area contributed by atoms with E-state index in [4.69, 9.17) is 9.47 Å². The summed E-state index contributed by atoms with van der Waals surface area (Å²) in [5, 5.41) is 0. The highest BCUT2D eigenvalue weighted by molar-refractivity contribution is 5.93. The Morgan fingerprint density at radius 2 is 1.86 bits per heavy atom. The highest BCUT2D eigenvalue weighted by atomic mass is 19.2. The van der Waals surface area contributed by atoms with Gasteiger partial charge in [-0.25, -0.2) is 18.0 Å². The van der Waals surface area contributed by atoms with Crippen LogP contribution >= 0.6 is 0 Å². The van der Waals surface area contributed by atoms with Crippen LogP contribution in [0.5, 0.6) is 5.75 Å². The Morgan fingerprint density at radius 3 is 2.54 bits per heavy atom. The van der Waals surface area contributed by atoms with Gasteiger partial charge in [-0.15, -0.1) is 0 Å². The Labute approximate surface area is 199 Å². The van der Waals surface area contributed by atoms with Crippen LogP contribution in [0.25, 0.3) is 0 Å². The lowest BCUT2D eigenvalue weighted by atomic mass is 10.1. The molecule has 11 heteroatoms. The molecule has 1 aromatic carbocycles. The Morgan fingerprint density at radius 1 is 1.11 bits per heavy atom. The van der Waals surface area contributed by atoms with Crippen molar-refractivity contribution in [3.05, 3.63) is 62.8 Å². The number of rotatable bonds is 6. The van der Waals surface area contributed by atoms with Crippen LogP contribution in [0.4, 0.5) is 13.2 Å². The molecule has 3 heterocycles. The number of benzene rings is 1. The zero-order chi connectivity index (χ0) is 25.3. The van der Waals surface area contributed by atoms with E-state index in [1.54, 1.807) is 16.8 Å². The number of aromatic nitrogens is 1. The largest absolute Gasteiger partial charge is 0.492 e. The number of nitrogens with zero attached hydrogens (tertiary/aromatic N) is 3. The fourth-order valence-corrected chi connectivity index (χ4v) is 4.60. The smallest absolute Gasteiger partial charge is 0.343 e. The normalized spacial score (nSPS) is 18.4. The molecule has 1 amide bonds. The first kappa shape index (κ1) is 24.8. The third-order valence-corrected chi connectivity index (χ3v) is 6.49.